The highest BCUT2D eigenvalue weighted by atomic mass is 19.4. The molecule has 0 aromatic heterocycles. The van der Waals surface area contributed by atoms with E-state index in [0.29, 0.717) is 11.5 Å². The van der Waals surface area contributed by atoms with Crippen LogP contribution in [0.2, 0.25) is 0 Å². The first kappa shape index (κ1) is 18.3. The maximum atomic E-state index is 12.9. The Labute approximate surface area is 142 Å². The molecular formula is C17H15F3N2O3. The summed E-state index contributed by atoms with van der Waals surface area (Å²) in [5, 5.41) is 3.60. The molecular weight excluding hydrogens is 337 g/mol. The number of hydrogen-bond donors (Lipinski definition) is 1. The molecule has 0 unspecified atom stereocenters. The number of amides is 1. The molecule has 0 aliphatic rings. The predicted octanol–water partition coefficient (Wildman–Crippen LogP) is 3.49. The van der Waals surface area contributed by atoms with Gasteiger partial charge in [-0.15, -0.1) is 0 Å². The van der Waals surface area contributed by atoms with Gasteiger partial charge in [-0.3, -0.25) is 4.79 Å². The van der Waals surface area contributed by atoms with Crippen LogP contribution in [0, 0.1) is 0 Å². The molecule has 0 bridgehead atoms. The lowest BCUT2D eigenvalue weighted by Crippen LogP contribution is -2.18. The lowest BCUT2D eigenvalue weighted by molar-refractivity contribution is -0.137. The van der Waals surface area contributed by atoms with Gasteiger partial charge in [0, 0.05) is 17.2 Å². The van der Waals surface area contributed by atoms with Gasteiger partial charge in [-0.2, -0.15) is 18.3 Å². The van der Waals surface area contributed by atoms with Crippen molar-refractivity contribution in [3.8, 4) is 11.5 Å². The van der Waals surface area contributed by atoms with E-state index in [1.54, 1.807) is 6.07 Å². The van der Waals surface area contributed by atoms with Crippen LogP contribution in [0.4, 0.5) is 13.2 Å². The van der Waals surface area contributed by atoms with Crippen LogP contribution in [0.3, 0.4) is 0 Å². The Kier molecular flexibility index (Phi) is 5.63. The third-order valence-corrected chi connectivity index (χ3v) is 3.25. The van der Waals surface area contributed by atoms with Crippen LogP contribution in [-0.4, -0.2) is 26.3 Å². The minimum Gasteiger partial charge on any atom is -0.497 e. The van der Waals surface area contributed by atoms with E-state index in [9.17, 15) is 18.0 Å². The number of nitrogens with zero attached hydrogens (tertiary/aromatic N) is 1. The Morgan fingerprint density at radius 2 is 1.68 bits per heavy atom. The number of methoxy groups -OCH3 is 2. The summed E-state index contributed by atoms with van der Waals surface area (Å²) in [7, 11) is 2.87. The number of carbonyl (C=O) groups is 1. The molecule has 0 radical (unpaired) electrons. The minimum atomic E-state index is -4.51. The number of halogens is 3. The topological polar surface area (TPSA) is 59.9 Å². The minimum absolute atomic E-state index is 0.154. The monoisotopic (exact) mass is 352 g/mol. The molecule has 2 aromatic carbocycles. The van der Waals surface area contributed by atoms with E-state index >= 15 is 0 Å². The molecule has 1 N–H and O–H groups in total. The smallest absolute Gasteiger partial charge is 0.417 e. The first-order chi connectivity index (χ1) is 11.8. The molecule has 132 valence electrons. The summed E-state index contributed by atoms with van der Waals surface area (Å²) in [4.78, 5) is 12.1. The fourth-order valence-electron chi connectivity index (χ4n) is 2.03. The van der Waals surface area contributed by atoms with Gasteiger partial charge in [-0.05, 0) is 18.2 Å². The van der Waals surface area contributed by atoms with E-state index < -0.39 is 17.6 Å². The number of rotatable bonds is 5. The van der Waals surface area contributed by atoms with Crippen molar-refractivity contribution in [1.29, 1.82) is 0 Å². The summed E-state index contributed by atoms with van der Waals surface area (Å²) in [6, 6.07) is 9.42. The predicted molar refractivity (Wildman–Crippen MR) is 86.1 cm³/mol. The van der Waals surface area contributed by atoms with Gasteiger partial charge in [0.1, 0.15) is 11.5 Å². The van der Waals surface area contributed by atoms with E-state index in [1.807, 2.05) is 0 Å². The van der Waals surface area contributed by atoms with Crippen LogP contribution < -0.4 is 14.9 Å². The largest absolute Gasteiger partial charge is 0.497 e. The molecule has 0 fully saturated rings. The molecule has 8 heteroatoms. The zero-order chi connectivity index (χ0) is 18.4. The molecule has 0 aliphatic heterocycles. The van der Waals surface area contributed by atoms with Crippen LogP contribution in [0.25, 0.3) is 0 Å². The molecule has 0 spiro atoms. The van der Waals surface area contributed by atoms with Gasteiger partial charge < -0.3 is 9.47 Å². The van der Waals surface area contributed by atoms with Gasteiger partial charge in [-0.1, -0.05) is 18.2 Å². The van der Waals surface area contributed by atoms with Gasteiger partial charge in [0.05, 0.1) is 26.0 Å². The van der Waals surface area contributed by atoms with Crippen LogP contribution in [0.5, 0.6) is 11.5 Å². The maximum absolute atomic E-state index is 12.9. The standard InChI is InChI=1S/C17H15F3N2O3/c1-24-13-7-12(8-14(9-13)25-2)16(23)22-21-10-11-5-3-4-6-15(11)17(18,19)20/h3-10H,1-2H3,(H,22,23)/b21-10-. The summed E-state index contributed by atoms with van der Waals surface area (Å²) in [5.41, 5.74) is 1.38. The van der Waals surface area contributed by atoms with Crippen molar-refractivity contribution in [2.45, 2.75) is 6.18 Å². The first-order valence-electron chi connectivity index (χ1n) is 7.08. The highest BCUT2D eigenvalue weighted by molar-refractivity contribution is 5.95. The molecule has 0 saturated heterocycles. The van der Waals surface area contributed by atoms with Gasteiger partial charge in [0.2, 0.25) is 0 Å². The lowest BCUT2D eigenvalue weighted by atomic mass is 10.1. The van der Waals surface area contributed by atoms with E-state index in [4.69, 9.17) is 9.47 Å². The summed E-state index contributed by atoms with van der Waals surface area (Å²) in [6.07, 6.45) is -3.56. The Morgan fingerprint density at radius 1 is 1.08 bits per heavy atom. The summed E-state index contributed by atoms with van der Waals surface area (Å²) < 4.78 is 48.8. The summed E-state index contributed by atoms with van der Waals surface area (Å²) in [5.74, 6) is 0.185. The van der Waals surface area contributed by atoms with Crippen LogP contribution >= 0.6 is 0 Å². The SMILES string of the molecule is COc1cc(OC)cc(C(=O)N/N=C\c2ccccc2C(F)(F)F)c1. The van der Waals surface area contributed by atoms with Crippen LogP contribution in [0.1, 0.15) is 21.5 Å². The lowest BCUT2D eigenvalue weighted by Gasteiger charge is -2.09. The van der Waals surface area contributed by atoms with Crippen molar-refractivity contribution in [3.63, 3.8) is 0 Å². The first-order valence-corrected chi connectivity index (χ1v) is 7.08. The fraction of sp³-hybridized carbons (Fsp3) is 0.176. The van der Waals surface area contributed by atoms with E-state index in [-0.39, 0.29) is 11.1 Å². The number of hydrazone groups is 1. The Bertz CT molecular complexity index is 767. The molecule has 0 saturated carbocycles. The quantitative estimate of drug-likeness (QED) is 0.662. The number of ether oxygens (including phenoxy) is 2. The van der Waals surface area contributed by atoms with Gasteiger partial charge >= 0.3 is 6.18 Å². The van der Waals surface area contributed by atoms with Crippen molar-refractivity contribution in [1.82, 2.24) is 5.43 Å². The van der Waals surface area contributed by atoms with E-state index in [2.05, 4.69) is 10.5 Å². The number of alkyl halides is 3. The molecule has 1 amide bonds. The van der Waals surface area contributed by atoms with Gasteiger partial charge in [-0.25, -0.2) is 5.43 Å². The van der Waals surface area contributed by atoms with Crippen molar-refractivity contribution < 1.29 is 27.4 Å². The average molecular weight is 352 g/mol. The summed E-state index contributed by atoms with van der Waals surface area (Å²) in [6.45, 7) is 0. The normalized spacial score (nSPS) is 11.4. The third-order valence-electron chi connectivity index (χ3n) is 3.25. The van der Waals surface area contributed by atoms with Crippen LogP contribution in [-0.2, 0) is 6.18 Å². The highest BCUT2D eigenvalue weighted by Gasteiger charge is 2.32. The number of nitrogens with one attached hydrogen (secondary N) is 1. The number of benzene rings is 2. The fourth-order valence-corrected chi connectivity index (χ4v) is 2.03. The Morgan fingerprint density at radius 3 is 2.24 bits per heavy atom. The van der Waals surface area contributed by atoms with Crippen molar-refractivity contribution in [3.05, 3.63) is 59.2 Å². The van der Waals surface area contributed by atoms with Gasteiger partial charge in [0.25, 0.3) is 5.91 Å². The molecule has 0 atom stereocenters. The molecule has 2 aromatic rings. The second-order valence-electron chi connectivity index (χ2n) is 4.89. The van der Waals surface area contributed by atoms with Crippen molar-refractivity contribution in [2.75, 3.05) is 14.2 Å². The molecule has 25 heavy (non-hydrogen) atoms. The van der Waals surface area contributed by atoms with Gasteiger partial charge in [0.15, 0.2) is 0 Å². The zero-order valence-electron chi connectivity index (χ0n) is 13.4. The zero-order valence-corrected chi connectivity index (χ0v) is 13.4. The molecule has 0 heterocycles. The Hall–Kier alpha value is -3.03. The maximum Gasteiger partial charge on any atom is 0.417 e. The van der Waals surface area contributed by atoms with E-state index in [0.717, 1.165) is 12.3 Å². The second-order valence-corrected chi connectivity index (χ2v) is 4.89. The van der Waals surface area contributed by atoms with Crippen LogP contribution in [0.15, 0.2) is 47.6 Å². The Balaban J connectivity index is 2.17. The average Bonchev–Trinajstić information content (AvgIpc) is 2.60. The van der Waals surface area contributed by atoms with E-state index in [1.165, 1.54) is 44.6 Å². The highest BCUT2D eigenvalue weighted by Crippen LogP contribution is 2.31. The van der Waals surface area contributed by atoms with Crippen molar-refractivity contribution in [2.24, 2.45) is 5.10 Å². The third kappa shape index (κ3) is 4.72. The number of hydrogen-bond acceptors (Lipinski definition) is 4. The number of carbonyl (C=O) groups excluding carboxylic acids is 1. The second kappa shape index (κ2) is 7.69. The molecule has 0 aliphatic carbocycles. The van der Waals surface area contributed by atoms with Crippen molar-refractivity contribution >= 4 is 12.1 Å². The molecule has 2 rings (SSSR count). The molecule has 5 nitrogen and oxygen atoms in total. The summed E-state index contributed by atoms with van der Waals surface area (Å²) >= 11 is 0.